The van der Waals surface area contributed by atoms with Gasteiger partial charge in [0.15, 0.2) is 5.43 Å². The zero-order valence-electron chi connectivity index (χ0n) is 15.2. The van der Waals surface area contributed by atoms with Crippen LogP contribution < -0.4 is 10.2 Å². The van der Waals surface area contributed by atoms with E-state index in [1.165, 1.54) is 11.8 Å². The van der Waals surface area contributed by atoms with Crippen LogP contribution in [0.4, 0.5) is 0 Å². The molecule has 4 rings (SSSR count). The predicted molar refractivity (Wildman–Crippen MR) is 113 cm³/mol. The molecule has 4 heteroatoms. The number of ether oxygens (including phenoxy) is 1. The highest BCUT2D eigenvalue weighted by Gasteiger charge is 2.10. The molecule has 4 aromatic rings. The van der Waals surface area contributed by atoms with Gasteiger partial charge in [-0.15, -0.1) is 0 Å². The van der Waals surface area contributed by atoms with Gasteiger partial charge < -0.3 is 9.15 Å². The van der Waals surface area contributed by atoms with Crippen LogP contribution in [0.25, 0.3) is 22.1 Å². The Balaban J connectivity index is 1.48. The first-order chi connectivity index (χ1) is 13.7. The van der Waals surface area contributed by atoms with Crippen molar-refractivity contribution in [2.45, 2.75) is 12.8 Å². The average Bonchev–Trinajstić information content (AvgIpc) is 2.73. The maximum atomic E-state index is 12.8. The molecular formula is C24H19ClO3. The summed E-state index contributed by atoms with van der Waals surface area (Å²) in [5, 5.41) is 1.16. The second-order valence-corrected chi connectivity index (χ2v) is 7.02. The Hall–Kier alpha value is -3.04. The fraction of sp³-hybridized carbons (Fsp3) is 0.125. The van der Waals surface area contributed by atoms with Crippen molar-refractivity contribution in [3.05, 3.63) is 99.9 Å². The average molecular weight is 391 g/mol. The SMILES string of the molecule is O=c1c(-c2ccc(Cl)cc2)coc2cc(OCCCc3ccccc3)ccc12. The van der Waals surface area contributed by atoms with Crippen LogP contribution in [0.2, 0.25) is 5.02 Å². The quantitative estimate of drug-likeness (QED) is 0.372. The Bertz CT molecular complexity index is 1130. The smallest absolute Gasteiger partial charge is 0.200 e. The zero-order chi connectivity index (χ0) is 19.3. The van der Waals surface area contributed by atoms with Gasteiger partial charge in [-0.3, -0.25) is 4.79 Å². The first-order valence-electron chi connectivity index (χ1n) is 9.19. The number of halogens is 1. The van der Waals surface area contributed by atoms with E-state index in [0.717, 1.165) is 18.4 Å². The van der Waals surface area contributed by atoms with Crippen molar-refractivity contribution in [1.29, 1.82) is 0 Å². The summed E-state index contributed by atoms with van der Waals surface area (Å²) in [6, 6.07) is 22.8. The van der Waals surface area contributed by atoms with Crippen LogP contribution >= 0.6 is 11.6 Å². The molecule has 0 N–H and O–H groups in total. The molecule has 0 unspecified atom stereocenters. The van der Waals surface area contributed by atoms with Gasteiger partial charge in [0, 0.05) is 11.1 Å². The van der Waals surface area contributed by atoms with Crippen LogP contribution in [0.15, 0.2) is 88.3 Å². The molecule has 28 heavy (non-hydrogen) atoms. The highest BCUT2D eigenvalue weighted by molar-refractivity contribution is 6.30. The first kappa shape index (κ1) is 18.3. The lowest BCUT2D eigenvalue weighted by Gasteiger charge is -2.08. The van der Waals surface area contributed by atoms with Crippen molar-refractivity contribution in [2.24, 2.45) is 0 Å². The van der Waals surface area contributed by atoms with Gasteiger partial charge in [-0.2, -0.15) is 0 Å². The molecule has 140 valence electrons. The van der Waals surface area contributed by atoms with Crippen molar-refractivity contribution < 1.29 is 9.15 Å². The van der Waals surface area contributed by atoms with Gasteiger partial charge >= 0.3 is 0 Å². The molecule has 0 aliphatic carbocycles. The summed E-state index contributed by atoms with van der Waals surface area (Å²) in [6.45, 7) is 0.605. The van der Waals surface area contributed by atoms with Gasteiger partial charge in [0.05, 0.1) is 17.6 Å². The van der Waals surface area contributed by atoms with Gasteiger partial charge in [-0.1, -0.05) is 54.1 Å². The normalized spacial score (nSPS) is 10.9. The minimum absolute atomic E-state index is 0.0702. The fourth-order valence-electron chi connectivity index (χ4n) is 3.14. The maximum Gasteiger partial charge on any atom is 0.200 e. The van der Waals surface area contributed by atoms with Gasteiger partial charge in [0.25, 0.3) is 0 Å². The molecule has 0 bridgehead atoms. The number of benzene rings is 3. The summed E-state index contributed by atoms with van der Waals surface area (Å²) in [5.41, 5.74) is 3.04. The molecule has 0 aliphatic heterocycles. The van der Waals surface area contributed by atoms with Crippen LogP contribution in [-0.2, 0) is 6.42 Å². The lowest BCUT2D eigenvalue weighted by molar-refractivity contribution is 0.311. The van der Waals surface area contributed by atoms with Gasteiger partial charge in [0.1, 0.15) is 17.6 Å². The van der Waals surface area contributed by atoms with Crippen molar-refractivity contribution in [3.8, 4) is 16.9 Å². The first-order valence-corrected chi connectivity index (χ1v) is 9.57. The van der Waals surface area contributed by atoms with Gasteiger partial charge in [0.2, 0.25) is 0 Å². The molecule has 0 saturated carbocycles. The van der Waals surface area contributed by atoms with Crippen LogP contribution in [0.1, 0.15) is 12.0 Å². The summed E-state index contributed by atoms with van der Waals surface area (Å²) < 4.78 is 11.5. The Kier molecular flexibility index (Phi) is 5.45. The molecular weight excluding hydrogens is 372 g/mol. The Morgan fingerprint density at radius 3 is 2.50 bits per heavy atom. The second kappa shape index (κ2) is 8.32. The van der Waals surface area contributed by atoms with Crippen molar-refractivity contribution >= 4 is 22.6 Å². The third kappa shape index (κ3) is 4.10. The molecule has 3 aromatic carbocycles. The molecule has 3 nitrogen and oxygen atoms in total. The number of hydrogen-bond acceptors (Lipinski definition) is 3. The molecule has 1 heterocycles. The van der Waals surface area contributed by atoms with Gasteiger partial charge in [-0.05, 0) is 48.2 Å². The van der Waals surface area contributed by atoms with Crippen molar-refractivity contribution in [1.82, 2.24) is 0 Å². The summed E-state index contributed by atoms with van der Waals surface area (Å²) in [7, 11) is 0. The zero-order valence-corrected chi connectivity index (χ0v) is 16.0. The van der Waals surface area contributed by atoms with E-state index in [2.05, 4.69) is 12.1 Å². The van der Waals surface area contributed by atoms with E-state index in [0.29, 0.717) is 33.9 Å². The number of fused-ring (bicyclic) bond motifs is 1. The van der Waals surface area contributed by atoms with Crippen molar-refractivity contribution in [2.75, 3.05) is 6.61 Å². The molecule has 0 fully saturated rings. The highest BCUT2D eigenvalue weighted by Crippen LogP contribution is 2.24. The maximum absolute atomic E-state index is 12.8. The minimum Gasteiger partial charge on any atom is -0.493 e. The number of hydrogen-bond donors (Lipinski definition) is 0. The van der Waals surface area contributed by atoms with E-state index in [1.807, 2.05) is 36.4 Å². The monoisotopic (exact) mass is 390 g/mol. The third-order valence-electron chi connectivity index (χ3n) is 4.62. The molecule has 0 radical (unpaired) electrons. The summed E-state index contributed by atoms with van der Waals surface area (Å²) in [6.07, 6.45) is 3.38. The van der Waals surface area contributed by atoms with E-state index in [-0.39, 0.29) is 5.43 Å². The molecule has 0 saturated heterocycles. The van der Waals surface area contributed by atoms with E-state index >= 15 is 0 Å². The molecule has 0 aliphatic rings. The topological polar surface area (TPSA) is 39.4 Å². The van der Waals surface area contributed by atoms with Crippen LogP contribution in [0.5, 0.6) is 5.75 Å². The van der Waals surface area contributed by atoms with Crippen LogP contribution in [0.3, 0.4) is 0 Å². The van der Waals surface area contributed by atoms with E-state index < -0.39 is 0 Å². The molecule has 0 atom stereocenters. The van der Waals surface area contributed by atoms with E-state index in [9.17, 15) is 4.79 Å². The largest absolute Gasteiger partial charge is 0.493 e. The highest BCUT2D eigenvalue weighted by atomic mass is 35.5. The van der Waals surface area contributed by atoms with Gasteiger partial charge in [-0.25, -0.2) is 0 Å². The molecule has 0 amide bonds. The summed E-state index contributed by atoms with van der Waals surface area (Å²) >= 11 is 5.92. The van der Waals surface area contributed by atoms with Crippen LogP contribution in [-0.4, -0.2) is 6.61 Å². The predicted octanol–water partition coefficient (Wildman–Crippen LogP) is 6.13. The number of aryl methyl sites for hydroxylation is 1. The Labute approximate surface area is 168 Å². The Morgan fingerprint density at radius 1 is 0.929 bits per heavy atom. The second-order valence-electron chi connectivity index (χ2n) is 6.58. The lowest BCUT2D eigenvalue weighted by atomic mass is 10.1. The molecule has 1 aromatic heterocycles. The van der Waals surface area contributed by atoms with Crippen molar-refractivity contribution in [3.63, 3.8) is 0 Å². The summed E-state index contributed by atoms with van der Waals surface area (Å²) in [4.78, 5) is 12.8. The third-order valence-corrected chi connectivity index (χ3v) is 4.87. The van der Waals surface area contributed by atoms with E-state index in [4.69, 9.17) is 20.8 Å². The van der Waals surface area contributed by atoms with Crippen LogP contribution in [0, 0.1) is 0 Å². The van der Waals surface area contributed by atoms with E-state index in [1.54, 1.807) is 24.3 Å². The minimum atomic E-state index is -0.0702. The molecule has 0 spiro atoms. The lowest BCUT2D eigenvalue weighted by Crippen LogP contribution is -2.05. The summed E-state index contributed by atoms with van der Waals surface area (Å²) in [5.74, 6) is 0.697. The Morgan fingerprint density at radius 2 is 1.71 bits per heavy atom. The fourth-order valence-corrected chi connectivity index (χ4v) is 3.26. The number of rotatable bonds is 6. The standard InChI is InChI=1S/C24H19ClO3/c25-19-10-8-18(9-11-19)22-16-28-23-15-20(12-13-21(23)24(22)26)27-14-4-7-17-5-2-1-3-6-17/h1-3,5-6,8-13,15-16H,4,7,14H2.